The maximum Gasteiger partial charge on any atom is 0.408 e. The van der Waals surface area contributed by atoms with Crippen LogP contribution in [0.3, 0.4) is 0 Å². The Bertz CT molecular complexity index is 1580. The summed E-state index contributed by atoms with van der Waals surface area (Å²) in [4.78, 5) is 44.6. The molecule has 0 bridgehead atoms. The number of hydrogen-bond donors (Lipinski definition) is 1. The zero-order chi connectivity index (χ0) is 28.2. The smallest absolute Gasteiger partial charge is 0.408 e. The molecule has 0 aliphatic carbocycles. The molecule has 1 N–H and O–H groups in total. The van der Waals surface area contributed by atoms with Gasteiger partial charge in [0, 0.05) is 23.7 Å². The Kier molecular flexibility index (Phi) is 8.09. The van der Waals surface area contributed by atoms with E-state index in [1.54, 1.807) is 76.5 Å². The molecule has 0 spiro atoms. The molecule has 1 atom stereocenters. The number of ether oxygens (including phenoxy) is 1. The van der Waals surface area contributed by atoms with Crippen LogP contribution in [0.4, 0.5) is 9.18 Å². The minimum Gasteiger partial charge on any atom is -0.444 e. The average molecular weight is 531 g/mol. The molecule has 0 saturated carbocycles. The summed E-state index contributed by atoms with van der Waals surface area (Å²) in [5, 5.41) is 2.79. The van der Waals surface area contributed by atoms with Crippen molar-refractivity contribution in [3.05, 3.63) is 123 Å². The first-order valence-corrected chi connectivity index (χ1v) is 12.6. The molecule has 4 rings (SSSR count). The normalized spacial score (nSPS) is 12.1. The average Bonchev–Trinajstić information content (AvgIpc) is 2.89. The lowest BCUT2D eigenvalue weighted by Crippen LogP contribution is -2.46. The quantitative estimate of drug-likeness (QED) is 0.369. The van der Waals surface area contributed by atoms with Gasteiger partial charge in [0.05, 0.1) is 24.7 Å². The summed E-state index contributed by atoms with van der Waals surface area (Å²) in [5.74, 6) is -0.581. The second-order valence-electron chi connectivity index (χ2n) is 10.2. The molecule has 2 heterocycles. The van der Waals surface area contributed by atoms with Crippen LogP contribution in [0.2, 0.25) is 0 Å². The largest absolute Gasteiger partial charge is 0.444 e. The molecule has 39 heavy (non-hydrogen) atoms. The van der Waals surface area contributed by atoms with Crippen LogP contribution in [0.5, 0.6) is 0 Å². The van der Waals surface area contributed by atoms with Crippen molar-refractivity contribution >= 4 is 6.09 Å². The molecule has 202 valence electrons. The number of hydrogen-bond acceptors (Lipinski definition) is 5. The third-order valence-corrected chi connectivity index (χ3v) is 6.15. The van der Waals surface area contributed by atoms with Gasteiger partial charge in [-0.25, -0.2) is 14.0 Å². The summed E-state index contributed by atoms with van der Waals surface area (Å²) >= 11 is 0. The fraction of sp³-hybridized carbons (Fsp3) is 0.267. The number of carbonyl (C=O) groups is 1. The van der Waals surface area contributed by atoms with E-state index in [2.05, 4.69) is 10.3 Å². The van der Waals surface area contributed by atoms with Crippen LogP contribution in [0, 0.1) is 12.7 Å². The van der Waals surface area contributed by atoms with Crippen LogP contribution in [0.25, 0.3) is 11.1 Å². The Hall–Kier alpha value is -4.53. The molecule has 0 saturated heterocycles. The minimum atomic E-state index is -0.783. The highest BCUT2D eigenvalue weighted by atomic mass is 19.1. The van der Waals surface area contributed by atoms with Crippen molar-refractivity contribution in [3.8, 4) is 11.1 Å². The molecule has 8 nitrogen and oxygen atoms in total. The number of rotatable bonds is 7. The number of nitrogens with one attached hydrogen (secondary N) is 1. The fourth-order valence-corrected chi connectivity index (χ4v) is 4.35. The first-order valence-electron chi connectivity index (χ1n) is 12.6. The Morgan fingerprint density at radius 1 is 1.00 bits per heavy atom. The Labute approximate surface area is 225 Å². The molecule has 0 radical (unpaired) electrons. The van der Waals surface area contributed by atoms with E-state index in [9.17, 15) is 18.8 Å². The molecular weight excluding hydrogens is 499 g/mol. The molecular formula is C30H31FN4O4. The van der Waals surface area contributed by atoms with Gasteiger partial charge in [-0.1, -0.05) is 54.6 Å². The number of benzene rings is 2. The Balaban J connectivity index is 1.88. The van der Waals surface area contributed by atoms with Gasteiger partial charge in [0.1, 0.15) is 11.4 Å². The Morgan fingerprint density at radius 2 is 1.69 bits per heavy atom. The molecule has 1 amide bonds. The summed E-state index contributed by atoms with van der Waals surface area (Å²) in [6, 6.07) is 17.7. The second kappa shape index (κ2) is 11.5. The monoisotopic (exact) mass is 530 g/mol. The first-order chi connectivity index (χ1) is 18.5. The van der Waals surface area contributed by atoms with E-state index < -0.39 is 34.8 Å². The van der Waals surface area contributed by atoms with E-state index in [0.29, 0.717) is 11.3 Å². The lowest BCUT2D eigenvalue weighted by atomic mass is 10.0. The van der Waals surface area contributed by atoms with Gasteiger partial charge in [-0.05, 0) is 51.0 Å². The van der Waals surface area contributed by atoms with Crippen molar-refractivity contribution in [1.82, 2.24) is 19.4 Å². The van der Waals surface area contributed by atoms with Gasteiger partial charge in [-0.3, -0.25) is 18.9 Å². The molecule has 0 aliphatic heterocycles. The van der Waals surface area contributed by atoms with Gasteiger partial charge in [-0.2, -0.15) is 0 Å². The van der Waals surface area contributed by atoms with Crippen LogP contribution in [0.15, 0.2) is 88.7 Å². The Morgan fingerprint density at radius 3 is 2.33 bits per heavy atom. The van der Waals surface area contributed by atoms with Gasteiger partial charge >= 0.3 is 11.8 Å². The molecule has 0 aliphatic rings. The van der Waals surface area contributed by atoms with E-state index in [4.69, 9.17) is 4.74 Å². The molecule has 9 heteroatoms. The predicted octanol–water partition coefficient (Wildman–Crippen LogP) is 4.83. The van der Waals surface area contributed by atoms with Crippen molar-refractivity contribution in [2.75, 3.05) is 0 Å². The third-order valence-electron chi connectivity index (χ3n) is 6.15. The van der Waals surface area contributed by atoms with Gasteiger partial charge < -0.3 is 10.1 Å². The van der Waals surface area contributed by atoms with Gasteiger partial charge in [0.25, 0.3) is 5.56 Å². The first kappa shape index (κ1) is 27.5. The van der Waals surface area contributed by atoms with E-state index in [-0.39, 0.29) is 24.2 Å². The summed E-state index contributed by atoms with van der Waals surface area (Å²) in [5.41, 5.74) is -0.108. The number of pyridine rings is 1. The summed E-state index contributed by atoms with van der Waals surface area (Å²) in [6.45, 7) is 6.77. The topological polar surface area (TPSA) is 95.2 Å². The van der Waals surface area contributed by atoms with Crippen molar-refractivity contribution in [2.45, 2.75) is 52.4 Å². The number of alkyl carbamates (subject to hydrolysis) is 1. The number of halogens is 1. The summed E-state index contributed by atoms with van der Waals surface area (Å²) in [6.07, 6.45) is 2.56. The maximum absolute atomic E-state index is 15.0. The lowest BCUT2D eigenvalue weighted by Gasteiger charge is -2.25. The van der Waals surface area contributed by atoms with Crippen LogP contribution in [-0.4, -0.2) is 25.8 Å². The van der Waals surface area contributed by atoms with Crippen LogP contribution in [0.1, 0.15) is 43.6 Å². The van der Waals surface area contributed by atoms with Crippen LogP contribution < -0.4 is 16.6 Å². The zero-order valence-corrected chi connectivity index (χ0v) is 22.3. The number of aromatic nitrogens is 3. The zero-order valence-electron chi connectivity index (χ0n) is 22.3. The summed E-state index contributed by atoms with van der Waals surface area (Å²) < 4.78 is 22.9. The van der Waals surface area contributed by atoms with Crippen LogP contribution >= 0.6 is 0 Å². The van der Waals surface area contributed by atoms with Gasteiger partial charge in [0.2, 0.25) is 0 Å². The number of nitrogens with zero attached hydrogens (tertiary/aromatic N) is 3. The second-order valence-corrected chi connectivity index (χ2v) is 10.2. The van der Waals surface area contributed by atoms with Gasteiger partial charge in [-0.15, -0.1) is 0 Å². The highest BCUT2D eigenvalue weighted by Gasteiger charge is 2.25. The minimum absolute atomic E-state index is 0.0701. The highest BCUT2D eigenvalue weighted by molar-refractivity contribution is 5.68. The van der Waals surface area contributed by atoms with E-state index in [0.717, 1.165) is 10.1 Å². The lowest BCUT2D eigenvalue weighted by molar-refractivity contribution is 0.0497. The van der Waals surface area contributed by atoms with E-state index in [1.807, 2.05) is 12.1 Å². The number of carbonyl (C=O) groups excluding carboxylic acids is 1. The molecule has 0 unspecified atom stereocenters. The molecule has 2 aromatic heterocycles. The number of amides is 1. The van der Waals surface area contributed by atoms with Crippen molar-refractivity contribution in [1.29, 1.82) is 0 Å². The predicted molar refractivity (Wildman–Crippen MR) is 147 cm³/mol. The SMILES string of the molecule is Cc1c(-c2ccccc2F)c(=O)n(C[C@H](NC(=O)OC(C)(C)C)c2ccccc2)c(=O)n1Cc1cccnc1. The van der Waals surface area contributed by atoms with Crippen molar-refractivity contribution in [3.63, 3.8) is 0 Å². The van der Waals surface area contributed by atoms with Crippen molar-refractivity contribution < 1.29 is 13.9 Å². The van der Waals surface area contributed by atoms with E-state index >= 15 is 0 Å². The molecule has 4 aromatic rings. The molecule has 2 aromatic carbocycles. The summed E-state index contributed by atoms with van der Waals surface area (Å²) in [7, 11) is 0. The maximum atomic E-state index is 15.0. The van der Waals surface area contributed by atoms with Crippen LogP contribution in [-0.2, 0) is 17.8 Å². The third kappa shape index (κ3) is 6.49. The van der Waals surface area contributed by atoms with Gasteiger partial charge in [0.15, 0.2) is 0 Å². The van der Waals surface area contributed by atoms with E-state index in [1.165, 1.54) is 22.8 Å². The van der Waals surface area contributed by atoms with Crippen molar-refractivity contribution in [2.24, 2.45) is 0 Å². The standard InChI is InChI=1S/C30H31FN4O4/c1-20-26(23-14-8-9-15-24(23)31)27(36)35(29(38)34(20)18-21-11-10-16-32-17-21)19-25(22-12-6-5-7-13-22)33-28(37)39-30(2,3)4/h5-17,25H,18-19H2,1-4H3,(H,33,37)/t25-/m0/s1. The highest BCUT2D eigenvalue weighted by Crippen LogP contribution is 2.23. The molecule has 0 fully saturated rings. The fourth-order valence-electron chi connectivity index (χ4n) is 4.35.